The van der Waals surface area contributed by atoms with Crippen molar-refractivity contribution in [1.82, 2.24) is 10.3 Å². The highest BCUT2D eigenvalue weighted by Gasteiger charge is 2.42. The van der Waals surface area contributed by atoms with Crippen LogP contribution >= 0.6 is 0 Å². The molecule has 15 heteroatoms. The second-order valence-corrected chi connectivity index (χ2v) is 13.7. The Morgan fingerprint density at radius 3 is 2.28 bits per heavy atom. The van der Waals surface area contributed by atoms with E-state index in [2.05, 4.69) is 10.9 Å². The summed E-state index contributed by atoms with van der Waals surface area (Å²) in [5.41, 5.74) is 2.82. The number of amides is 1. The Bertz CT molecular complexity index is 1810. The van der Waals surface area contributed by atoms with Gasteiger partial charge in [-0.15, -0.1) is 0 Å². The molecule has 58 heavy (non-hydrogen) atoms. The van der Waals surface area contributed by atoms with Gasteiger partial charge >= 0.3 is 6.09 Å². The number of rotatable bonds is 24. The molecule has 0 aromatic heterocycles. The number of para-hydroxylation sites is 1. The highest BCUT2D eigenvalue weighted by atomic mass is 17.1. The highest BCUT2D eigenvalue weighted by Crippen LogP contribution is 2.36. The van der Waals surface area contributed by atoms with Crippen LogP contribution in [0, 0.1) is 0 Å². The molecule has 1 saturated heterocycles. The van der Waals surface area contributed by atoms with E-state index >= 15 is 0 Å². The van der Waals surface area contributed by atoms with Gasteiger partial charge in [0.2, 0.25) is 0 Å². The number of nitrogens with zero attached hydrogens (tertiary/aromatic N) is 2. The first-order chi connectivity index (χ1) is 28.3. The first-order valence-corrected chi connectivity index (χ1v) is 19.5. The molecule has 4 atom stereocenters. The van der Waals surface area contributed by atoms with Gasteiger partial charge in [0.25, 0.3) is 0 Å². The topological polar surface area (TPSA) is 167 Å². The molecule has 0 aliphatic carbocycles. The van der Waals surface area contributed by atoms with Gasteiger partial charge in [-0.3, -0.25) is 10.4 Å². The van der Waals surface area contributed by atoms with Crippen molar-refractivity contribution < 1.29 is 63.0 Å². The van der Waals surface area contributed by atoms with Crippen molar-refractivity contribution in [2.45, 2.75) is 57.2 Å². The molecule has 0 radical (unpaired) electrons. The molecule has 1 aliphatic rings. The Morgan fingerprint density at radius 2 is 1.52 bits per heavy atom. The van der Waals surface area contributed by atoms with Crippen LogP contribution in [0.4, 0.5) is 4.79 Å². The molecule has 1 amide bonds. The van der Waals surface area contributed by atoms with E-state index in [1.165, 1.54) is 0 Å². The van der Waals surface area contributed by atoms with Gasteiger partial charge in [0, 0.05) is 23.3 Å². The third-order valence-electron chi connectivity index (χ3n) is 9.71. The van der Waals surface area contributed by atoms with E-state index < -0.39 is 29.8 Å². The summed E-state index contributed by atoms with van der Waals surface area (Å²) < 4.78 is 47.0. The zero-order valence-electron chi connectivity index (χ0n) is 33.4. The monoisotopic (exact) mass is 808 g/mol. The van der Waals surface area contributed by atoms with Gasteiger partial charge in [-0.1, -0.05) is 61.5 Å². The van der Waals surface area contributed by atoms with Crippen LogP contribution in [0.25, 0.3) is 10.8 Å². The van der Waals surface area contributed by atoms with Crippen molar-refractivity contribution in [3.05, 3.63) is 102 Å². The van der Waals surface area contributed by atoms with Gasteiger partial charge in [-0.2, -0.15) is 0 Å². The number of piperidine rings is 1. The summed E-state index contributed by atoms with van der Waals surface area (Å²) in [4.78, 5) is 19.5. The van der Waals surface area contributed by atoms with E-state index in [1.54, 1.807) is 19.1 Å². The van der Waals surface area contributed by atoms with Crippen molar-refractivity contribution in [3.8, 4) is 17.2 Å². The minimum atomic E-state index is -0.688. The van der Waals surface area contributed by atoms with E-state index in [1.807, 2.05) is 85.8 Å². The van der Waals surface area contributed by atoms with E-state index in [4.69, 9.17) is 48.3 Å². The molecule has 1 fully saturated rings. The predicted molar refractivity (Wildman–Crippen MR) is 212 cm³/mol. The molecule has 0 spiro atoms. The fourth-order valence-electron chi connectivity index (χ4n) is 6.71. The van der Waals surface area contributed by atoms with Crippen molar-refractivity contribution >= 4 is 16.9 Å². The minimum Gasteiger partial charge on any atom is -0.496 e. The largest absolute Gasteiger partial charge is 0.496 e. The number of hydrogen-bond acceptors (Lipinski definition) is 14. The standard InChI is InChI=1S/C43H56N2O13/c1-4-35(46)30-57-41-27-44(43(47)55-22-20-52-21-23-58-45(48)49)26-40(56-28-31-24-33-10-5-7-12-37(33)39(25-31)51-3)42(41)32-14-16-36(17-15-32)54-19-9-18-53-29-34-11-6-8-13-38(34)50-2/h5-8,10-17,24-25,35,40-42,46,48-49H,4,9,18-23,26-30H2,1-3H3. The zero-order valence-corrected chi connectivity index (χ0v) is 33.4. The van der Waals surface area contributed by atoms with Gasteiger partial charge in [-0.05, 0) is 53.3 Å². The average molecular weight is 809 g/mol. The molecule has 0 bridgehead atoms. The molecule has 1 heterocycles. The van der Waals surface area contributed by atoms with Crippen LogP contribution in [-0.2, 0) is 41.7 Å². The van der Waals surface area contributed by atoms with E-state index in [-0.39, 0.29) is 58.6 Å². The summed E-state index contributed by atoms with van der Waals surface area (Å²) in [6, 6.07) is 27.6. The van der Waals surface area contributed by atoms with Crippen molar-refractivity contribution in [3.63, 3.8) is 0 Å². The van der Waals surface area contributed by atoms with E-state index in [0.717, 1.165) is 39.0 Å². The number of aliphatic hydroxyl groups is 1. The molecule has 5 rings (SSSR count). The van der Waals surface area contributed by atoms with Gasteiger partial charge < -0.3 is 47.9 Å². The maximum Gasteiger partial charge on any atom is 0.410 e. The lowest BCUT2D eigenvalue weighted by Crippen LogP contribution is -2.55. The van der Waals surface area contributed by atoms with Gasteiger partial charge in [0.1, 0.15) is 23.9 Å². The van der Waals surface area contributed by atoms with Crippen LogP contribution in [0.2, 0.25) is 0 Å². The lowest BCUT2D eigenvalue weighted by Gasteiger charge is -2.43. The van der Waals surface area contributed by atoms with Crippen LogP contribution in [0.5, 0.6) is 17.2 Å². The first-order valence-electron chi connectivity index (χ1n) is 19.5. The summed E-state index contributed by atoms with van der Waals surface area (Å²) in [6.45, 7) is 3.99. The fourth-order valence-corrected chi connectivity index (χ4v) is 6.71. The minimum absolute atomic E-state index is 0.0431. The lowest BCUT2D eigenvalue weighted by atomic mass is 9.84. The number of fused-ring (bicyclic) bond motifs is 1. The SMILES string of the molecule is CCC(O)COC1CN(C(=O)OCCOCCON(O)O)CC(OCc2cc(OC)c3ccccc3c2)C1c1ccc(OCCCOCc2ccccc2OC)cc1. The lowest BCUT2D eigenvalue weighted by molar-refractivity contribution is -0.493. The average Bonchev–Trinajstić information content (AvgIpc) is 3.25. The van der Waals surface area contributed by atoms with Gasteiger partial charge in [0.15, 0.2) is 0 Å². The summed E-state index contributed by atoms with van der Waals surface area (Å²) >= 11 is 0. The van der Waals surface area contributed by atoms with Gasteiger partial charge in [0.05, 0.1) is 104 Å². The second kappa shape index (κ2) is 23.8. The predicted octanol–water partition coefficient (Wildman–Crippen LogP) is 6.15. The highest BCUT2D eigenvalue weighted by molar-refractivity contribution is 5.89. The Labute approximate surface area is 339 Å². The Kier molecular flexibility index (Phi) is 18.2. The van der Waals surface area contributed by atoms with Gasteiger partial charge in [-0.25, -0.2) is 9.63 Å². The van der Waals surface area contributed by atoms with Crippen molar-refractivity contribution in [2.24, 2.45) is 0 Å². The number of ether oxygens (including phenoxy) is 8. The van der Waals surface area contributed by atoms with E-state index in [0.29, 0.717) is 38.4 Å². The fraction of sp³-hybridized carbons (Fsp3) is 0.465. The third-order valence-corrected chi connectivity index (χ3v) is 9.71. The third kappa shape index (κ3) is 13.5. The molecule has 15 nitrogen and oxygen atoms in total. The van der Waals surface area contributed by atoms with Crippen molar-refractivity contribution in [1.29, 1.82) is 0 Å². The number of carbonyl (C=O) groups is 1. The molecule has 4 aromatic rings. The number of hydrogen-bond donors (Lipinski definition) is 3. The Balaban J connectivity index is 1.28. The molecule has 3 N–H and O–H groups in total. The smallest absolute Gasteiger partial charge is 0.410 e. The van der Waals surface area contributed by atoms with Crippen LogP contribution in [0.15, 0.2) is 84.9 Å². The van der Waals surface area contributed by atoms with Crippen LogP contribution in [0.3, 0.4) is 0 Å². The van der Waals surface area contributed by atoms with E-state index in [9.17, 15) is 9.90 Å². The maximum absolute atomic E-state index is 13.5. The normalized spacial score (nSPS) is 17.4. The first kappa shape index (κ1) is 44.6. The maximum atomic E-state index is 13.5. The Hall–Kier alpha value is -4.55. The number of carbonyl (C=O) groups excluding carboxylic acids is 1. The molecule has 1 aliphatic heterocycles. The number of benzene rings is 4. The quantitative estimate of drug-likeness (QED) is 0.0545. The summed E-state index contributed by atoms with van der Waals surface area (Å²) in [6.07, 6.45) is -1.15. The molecule has 316 valence electrons. The van der Waals surface area contributed by atoms with Crippen LogP contribution < -0.4 is 14.2 Å². The molecule has 4 unspecified atom stereocenters. The van der Waals surface area contributed by atoms with Crippen LogP contribution in [0.1, 0.15) is 42.4 Å². The van der Waals surface area contributed by atoms with Crippen molar-refractivity contribution in [2.75, 3.05) is 73.6 Å². The number of methoxy groups -OCH3 is 2. The zero-order chi connectivity index (χ0) is 41.1. The summed E-state index contributed by atoms with van der Waals surface area (Å²) in [5.74, 6) is 1.90. The number of aliphatic hydroxyl groups excluding tert-OH is 1. The Morgan fingerprint density at radius 1 is 0.793 bits per heavy atom. The number of likely N-dealkylation sites (tertiary alicyclic amines) is 1. The molecular weight excluding hydrogens is 752 g/mol. The molecule has 0 saturated carbocycles. The summed E-state index contributed by atoms with van der Waals surface area (Å²) in [7, 11) is 3.29. The molecular formula is C43H56N2O13. The molecule has 4 aromatic carbocycles. The second-order valence-electron chi connectivity index (χ2n) is 13.7. The van der Waals surface area contributed by atoms with Crippen LogP contribution in [-0.4, -0.2) is 124 Å². The summed E-state index contributed by atoms with van der Waals surface area (Å²) in [5, 5.41) is 29.4.